The van der Waals surface area contributed by atoms with Crippen LogP contribution in [0.4, 0.5) is 0 Å². The van der Waals surface area contributed by atoms with E-state index >= 15 is 0 Å². The standard InChI is InChI=1S/C13H22N2OS/c1-15(7-2-6-14)12-3-8-16-13(11-12)4-9-17-10-5-13/h12H,2-5,7-11H2,1H3. The van der Waals surface area contributed by atoms with Crippen molar-refractivity contribution >= 4 is 11.8 Å². The normalized spacial score (nSPS) is 28.2. The van der Waals surface area contributed by atoms with Crippen molar-refractivity contribution in [2.45, 2.75) is 43.7 Å². The van der Waals surface area contributed by atoms with Gasteiger partial charge in [0, 0.05) is 25.6 Å². The lowest BCUT2D eigenvalue weighted by Crippen LogP contribution is -2.49. The van der Waals surface area contributed by atoms with Crippen molar-refractivity contribution in [3.63, 3.8) is 0 Å². The highest BCUT2D eigenvalue weighted by atomic mass is 32.2. The molecular formula is C13H22N2OS. The highest BCUT2D eigenvalue weighted by molar-refractivity contribution is 7.99. The number of hydrogen-bond donors (Lipinski definition) is 0. The Labute approximate surface area is 108 Å². The molecule has 2 fully saturated rings. The summed E-state index contributed by atoms with van der Waals surface area (Å²) in [6.07, 6.45) is 5.34. The van der Waals surface area contributed by atoms with E-state index in [2.05, 4.69) is 18.0 Å². The average molecular weight is 254 g/mol. The summed E-state index contributed by atoms with van der Waals surface area (Å²) >= 11 is 2.05. The molecule has 17 heavy (non-hydrogen) atoms. The van der Waals surface area contributed by atoms with E-state index in [-0.39, 0.29) is 5.60 Å². The van der Waals surface area contributed by atoms with Crippen molar-refractivity contribution < 1.29 is 4.74 Å². The number of hydrogen-bond acceptors (Lipinski definition) is 4. The lowest BCUT2D eigenvalue weighted by atomic mass is 9.85. The van der Waals surface area contributed by atoms with Gasteiger partial charge >= 0.3 is 0 Å². The Balaban J connectivity index is 1.89. The summed E-state index contributed by atoms with van der Waals surface area (Å²) < 4.78 is 6.09. The highest BCUT2D eigenvalue weighted by Gasteiger charge is 2.39. The van der Waals surface area contributed by atoms with Crippen LogP contribution < -0.4 is 0 Å². The molecule has 3 nitrogen and oxygen atoms in total. The van der Waals surface area contributed by atoms with Crippen LogP contribution in [0, 0.1) is 11.3 Å². The van der Waals surface area contributed by atoms with E-state index in [1.165, 1.54) is 24.3 Å². The second kappa shape index (κ2) is 6.08. The summed E-state index contributed by atoms with van der Waals surface area (Å²) in [4.78, 5) is 2.36. The molecule has 0 aliphatic carbocycles. The minimum absolute atomic E-state index is 0.162. The van der Waals surface area contributed by atoms with E-state index in [1.54, 1.807) is 0 Å². The molecular weight excluding hydrogens is 232 g/mol. The molecule has 1 unspecified atom stereocenters. The molecule has 4 heteroatoms. The first-order chi connectivity index (χ1) is 8.26. The molecule has 2 heterocycles. The largest absolute Gasteiger partial charge is 0.375 e. The Kier molecular flexibility index (Phi) is 4.72. The van der Waals surface area contributed by atoms with Gasteiger partial charge in [-0.3, -0.25) is 0 Å². The summed E-state index contributed by atoms with van der Waals surface area (Å²) in [5, 5.41) is 8.65. The topological polar surface area (TPSA) is 36.3 Å². The fourth-order valence-electron chi connectivity index (χ4n) is 2.88. The molecule has 96 valence electrons. The quantitative estimate of drug-likeness (QED) is 0.774. The maximum absolute atomic E-state index is 8.65. The van der Waals surface area contributed by atoms with Crippen LogP contribution in [0.3, 0.4) is 0 Å². The minimum Gasteiger partial charge on any atom is -0.375 e. The molecule has 0 aromatic carbocycles. The first-order valence-electron chi connectivity index (χ1n) is 6.55. The zero-order valence-electron chi connectivity index (χ0n) is 10.7. The fourth-order valence-corrected chi connectivity index (χ4v) is 4.12. The predicted molar refractivity (Wildman–Crippen MR) is 71.1 cm³/mol. The maximum Gasteiger partial charge on any atom is 0.0713 e. The lowest BCUT2D eigenvalue weighted by molar-refractivity contribution is -0.107. The van der Waals surface area contributed by atoms with Gasteiger partial charge < -0.3 is 9.64 Å². The molecule has 2 aliphatic rings. The van der Waals surface area contributed by atoms with Gasteiger partial charge in [-0.15, -0.1) is 0 Å². The van der Waals surface area contributed by atoms with Crippen LogP contribution >= 0.6 is 11.8 Å². The first kappa shape index (κ1) is 13.2. The second-order valence-corrected chi connectivity index (χ2v) is 6.40. The predicted octanol–water partition coefficient (Wildman–Crippen LogP) is 2.28. The Hall–Kier alpha value is -0.240. The van der Waals surface area contributed by atoms with E-state index < -0.39 is 0 Å². The van der Waals surface area contributed by atoms with Crippen LogP contribution in [0.25, 0.3) is 0 Å². The third-order valence-corrected chi connectivity index (χ3v) is 5.06. The summed E-state index contributed by atoms with van der Waals surface area (Å²) in [7, 11) is 2.15. The molecule has 0 amide bonds. The van der Waals surface area contributed by atoms with Gasteiger partial charge in [-0.05, 0) is 44.2 Å². The van der Waals surface area contributed by atoms with E-state index in [1.807, 2.05) is 11.8 Å². The van der Waals surface area contributed by atoms with Crippen molar-refractivity contribution in [1.82, 2.24) is 4.90 Å². The highest BCUT2D eigenvalue weighted by Crippen LogP contribution is 2.38. The smallest absolute Gasteiger partial charge is 0.0713 e. The van der Waals surface area contributed by atoms with Gasteiger partial charge in [0.15, 0.2) is 0 Å². The maximum atomic E-state index is 8.65. The second-order valence-electron chi connectivity index (χ2n) is 5.18. The zero-order valence-corrected chi connectivity index (χ0v) is 11.5. The summed E-state index contributed by atoms with van der Waals surface area (Å²) in [6, 6.07) is 2.84. The molecule has 2 aliphatic heterocycles. The van der Waals surface area contributed by atoms with Gasteiger partial charge in [-0.2, -0.15) is 17.0 Å². The average Bonchev–Trinajstić information content (AvgIpc) is 2.37. The summed E-state index contributed by atoms with van der Waals surface area (Å²) in [6.45, 7) is 1.79. The molecule has 1 spiro atoms. The van der Waals surface area contributed by atoms with Crippen molar-refractivity contribution in [2.24, 2.45) is 0 Å². The number of nitrogens with zero attached hydrogens (tertiary/aromatic N) is 2. The third-order valence-electron chi connectivity index (χ3n) is 4.07. The van der Waals surface area contributed by atoms with E-state index in [0.29, 0.717) is 12.5 Å². The number of nitriles is 1. The van der Waals surface area contributed by atoms with Crippen LogP contribution in [0.1, 0.15) is 32.1 Å². The summed E-state index contributed by atoms with van der Waals surface area (Å²) in [5.41, 5.74) is 0.162. The SMILES string of the molecule is CN(CCC#N)C1CCOC2(CCSCC2)C1. The van der Waals surface area contributed by atoms with Crippen molar-refractivity contribution in [3.8, 4) is 6.07 Å². The lowest BCUT2D eigenvalue weighted by Gasteiger charge is -2.45. The van der Waals surface area contributed by atoms with Gasteiger partial charge in [-0.1, -0.05) is 0 Å². The van der Waals surface area contributed by atoms with Gasteiger partial charge in [0.05, 0.1) is 11.7 Å². The van der Waals surface area contributed by atoms with E-state index in [4.69, 9.17) is 10.00 Å². The zero-order chi connectivity index (χ0) is 12.1. The van der Waals surface area contributed by atoms with Crippen LogP contribution in [-0.2, 0) is 4.74 Å². The molecule has 0 saturated carbocycles. The van der Waals surface area contributed by atoms with E-state index in [9.17, 15) is 0 Å². The number of thioether (sulfide) groups is 1. The molecule has 2 rings (SSSR count). The molecule has 1 atom stereocenters. The Morgan fingerprint density at radius 3 is 2.94 bits per heavy atom. The molecule has 0 aromatic heterocycles. The van der Waals surface area contributed by atoms with Crippen molar-refractivity contribution in [3.05, 3.63) is 0 Å². The van der Waals surface area contributed by atoms with Crippen LogP contribution in [0.15, 0.2) is 0 Å². The molecule has 0 aromatic rings. The van der Waals surface area contributed by atoms with Crippen LogP contribution in [0.5, 0.6) is 0 Å². The number of rotatable bonds is 3. The third kappa shape index (κ3) is 3.37. The minimum atomic E-state index is 0.162. The van der Waals surface area contributed by atoms with Crippen molar-refractivity contribution in [1.29, 1.82) is 5.26 Å². The molecule has 2 saturated heterocycles. The Morgan fingerprint density at radius 2 is 2.24 bits per heavy atom. The molecule has 0 N–H and O–H groups in total. The fraction of sp³-hybridized carbons (Fsp3) is 0.923. The monoisotopic (exact) mass is 254 g/mol. The molecule has 0 bridgehead atoms. The van der Waals surface area contributed by atoms with Gasteiger partial charge in [-0.25, -0.2) is 0 Å². The summed E-state index contributed by atoms with van der Waals surface area (Å²) in [5.74, 6) is 2.49. The van der Waals surface area contributed by atoms with Gasteiger partial charge in [0.1, 0.15) is 0 Å². The first-order valence-corrected chi connectivity index (χ1v) is 7.70. The van der Waals surface area contributed by atoms with E-state index in [0.717, 1.165) is 26.0 Å². The Bertz CT molecular complexity index is 278. The Morgan fingerprint density at radius 1 is 1.47 bits per heavy atom. The number of ether oxygens (including phenoxy) is 1. The van der Waals surface area contributed by atoms with Gasteiger partial charge in [0.2, 0.25) is 0 Å². The van der Waals surface area contributed by atoms with Crippen LogP contribution in [0.2, 0.25) is 0 Å². The van der Waals surface area contributed by atoms with Gasteiger partial charge in [0.25, 0.3) is 0 Å². The molecule has 0 radical (unpaired) electrons. The van der Waals surface area contributed by atoms with Crippen LogP contribution in [-0.4, -0.2) is 48.2 Å². The van der Waals surface area contributed by atoms with Crippen molar-refractivity contribution in [2.75, 3.05) is 31.7 Å².